The molecule has 1 aromatic carbocycles. The predicted molar refractivity (Wildman–Crippen MR) is 71.5 cm³/mol. The smallest absolute Gasteiger partial charge is 0.228 e. The van der Waals surface area contributed by atoms with Gasteiger partial charge in [-0.15, -0.1) is 11.3 Å². The highest BCUT2D eigenvalue weighted by Gasteiger charge is 2.22. The molecule has 1 amide bonds. The number of ketones is 1. The summed E-state index contributed by atoms with van der Waals surface area (Å²) in [6, 6.07) is 6.93. The standard InChI is InChI=1S/C13H8ClNO2S/c14-9-6-10-7(5-12(16)15-10)4-8(9)13(17)11-2-1-3-18-11/h1-4,6H,5H2,(H,15,16). The number of amides is 1. The summed E-state index contributed by atoms with van der Waals surface area (Å²) in [6.07, 6.45) is 0.303. The average molecular weight is 278 g/mol. The normalized spacial score (nSPS) is 13.3. The fourth-order valence-electron chi connectivity index (χ4n) is 1.96. The lowest BCUT2D eigenvalue weighted by Crippen LogP contribution is -2.03. The van der Waals surface area contributed by atoms with Gasteiger partial charge < -0.3 is 5.32 Å². The topological polar surface area (TPSA) is 46.2 Å². The Balaban J connectivity index is 2.06. The van der Waals surface area contributed by atoms with Crippen molar-refractivity contribution in [2.45, 2.75) is 6.42 Å². The van der Waals surface area contributed by atoms with Crippen LogP contribution < -0.4 is 5.32 Å². The lowest BCUT2D eigenvalue weighted by molar-refractivity contribution is -0.115. The Morgan fingerprint density at radius 3 is 2.94 bits per heavy atom. The molecule has 2 heterocycles. The van der Waals surface area contributed by atoms with E-state index in [0.717, 1.165) is 5.56 Å². The quantitative estimate of drug-likeness (QED) is 0.857. The molecule has 0 aliphatic carbocycles. The summed E-state index contributed by atoms with van der Waals surface area (Å²) in [7, 11) is 0. The van der Waals surface area contributed by atoms with Crippen LogP contribution in [0.15, 0.2) is 29.6 Å². The van der Waals surface area contributed by atoms with Gasteiger partial charge in [-0.05, 0) is 29.1 Å². The minimum Gasteiger partial charge on any atom is -0.325 e. The first-order chi connectivity index (χ1) is 8.65. The van der Waals surface area contributed by atoms with E-state index >= 15 is 0 Å². The molecule has 0 bridgehead atoms. The van der Waals surface area contributed by atoms with Gasteiger partial charge in [0, 0.05) is 11.3 Å². The predicted octanol–water partition coefficient (Wildman–Crippen LogP) is 3.13. The fraction of sp³-hybridized carbons (Fsp3) is 0.0769. The zero-order valence-corrected chi connectivity index (χ0v) is 10.8. The number of fused-ring (bicyclic) bond motifs is 1. The van der Waals surface area contributed by atoms with Gasteiger partial charge in [0.25, 0.3) is 0 Å². The SMILES string of the molecule is O=C1Cc2cc(C(=O)c3cccs3)c(Cl)cc2N1. The highest BCUT2D eigenvalue weighted by molar-refractivity contribution is 7.12. The molecule has 3 nitrogen and oxygen atoms in total. The molecule has 0 saturated carbocycles. The Morgan fingerprint density at radius 2 is 2.22 bits per heavy atom. The molecule has 90 valence electrons. The number of rotatable bonds is 2. The summed E-state index contributed by atoms with van der Waals surface area (Å²) in [5, 5.41) is 4.92. The number of thiophene rings is 1. The largest absolute Gasteiger partial charge is 0.325 e. The first-order valence-electron chi connectivity index (χ1n) is 5.35. The number of carbonyl (C=O) groups is 2. The van der Waals surface area contributed by atoms with Crippen molar-refractivity contribution >= 4 is 40.3 Å². The molecule has 1 N–H and O–H groups in total. The summed E-state index contributed by atoms with van der Waals surface area (Å²) in [5.41, 5.74) is 1.98. The summed E-state index contributed by atoms with van der Waals surface area (Å²) >= 11 is 7.48. The van der Waals surface area contributed by atoms with Crippen molar-refractivity contribution in [3.05, 3.63) is 50.7 Å². The molecule has 2 aromatic rings. The van der Waals surface area contributed by atoms with Crippen LogP contribution in [-0.4, -0.2) is 11.7 Å². The fourth-order valence-corrected chi connectivity index (χ4v) is 2.89. The van der Waals surface area contributed by atoms with Gasteiger partial charge in [0.15, 0.2) is 0 Å². The molecule has 18 heavy (non-hydrogen) atoms. The van der Waals surface area contributed by atoms with E-state index in [4.69, 9.17) is 11.6 Å². The van der Waals surface area contributed by atoms with Crippen LogP contribution in [0, 0.1) is 0 Å². The number of hydrogen-bond donors (Lipinski definition) is 1. The van der Waals surface area contributed by atoms with Gasteiger partial charge in [0.2, 0.25) is 11.7 Å². The van der Waals surface area contributed by atoms with E-state index in [1.807, 2.05) is 11.4 Å². The van der Waals surface area contributed by atoms with Crippen LogP contribution in [0.3, 0.4) is 0 Å². The van der Waals surface area contributed by atoms with Crippen molar-refractivity contribution < 1.29 is 9.59 Å². The van der Waals surface area contributed by atoms with Crippen LogP contribution >= 0.6 is 22.9 Å². The lowest BCUT2D eigenvalue weighted by Gasteiger charge is -2.05. The minimum atomic E-state index is -0.0999. The second-order valence-electron chi connectivity index (χ2n) is 4.02. The maximum absolute atomic E-state index is 12.2. The highest BCUT2D eigenvalue weighted by atomic mass is 35.5. The zero-order valence-electron chi connectivity index (χ0n) is 9.20. The van der Waals surface area contributed by atoms with Crippen molar-refractivity contribution in [3.8, 4) is 0 Å². The van der Waals surface area contributed by atoms with Gasteiger partial charge in [-0.25, -0.2) is 0 Å². The summed E-state index contributed by atoms with van der Waals surface area (Å²) in [5.74, 6) is -0.168. The van der Waals surface area contributed by atoms with Gasteiger partial charge in [-0.3, -0.25) is 9.59 Å². The molecule has 3 rings (SSSR count). The number of nitrogens with one attached hydrogen (secondary N) is 1. The van der Waals surface area contributed by atoms with Crippen molar-refractivity contribution in [2.24, 2.45) is 0 Å². The monoisotopic (exact) mass is 277 g/mol. The lowest BCUT2D eigenvalue weighted by atomic mass is 10.0. The molecular formula is C13H8ClNO2S. The van der Waals surface area contributed by atoms with Crippen molar-refractivity contribution in [1.29, 1.82) is 0 Å². The molecule has 0 radical (unpaired) electrons. The van der Waals surface area contributed by atoms with Crippen LogP contribution in [-0.2, 0) is 11.2 Å². The van der Waals surface area contributed by atoms with Crippen LogP contribution in [0.2, 0.25) is 5.02 Å². The Morgan fingerprint density at radius 1 is 1.39 bits per heavy atom. The maximum Gasteiger partial charge on any atom is 0.228 e. The summed E-state index contributed by atoms with van der Waals surface area (Å²) in [6.45, 7) is 0. The molecular weight excluding hydrogens is 270 g/mol. The maximum atomic E-state index is 12.2. The first kappa shape index (κ1) is 11.4. The molecule has 1 aromatic heterocycles. The van der Waals surface area contributed by atoms with E-state index in [-0.39, 0.29) is 11.7 Å². The number of hydrogen-bond acceptors (Lipinski definition) is 3. The van der Waals surface area contributed by atoms with Crippen molar-refractivity contribution in [2.75, 3.05) is 5.32 Å². The van der Waals surface area contributed by atoms with Gasteiger partial charge >= 0.3 is 0 Å². The summed E-state index contributed by atoms with van der Waals surface area (Å²) < 4.78 is 0. The van der Waals surface area contributed by atoms with Crippen LogP contribution in [0.1, 0.15) is 20.8 Å². The van der Waals surface area contributed by atoms with Crippen LogP contribution in [0.5, 0.6) is 0 Å². The average Bonchev–Trinajstić information content (AvgIpc) is 2.94. The van der Waals surface area contributed by atoms with Gasteiger partial charge in [-0.1, -0.05) is 17.7 Å². The third kappa shape index (κ3) is 1.83. The Labute approximate surface area is 112 Å². The third-order valence-electron chi connectivity index (χ3n) is 2.81. The molecule has 0 unspecified atom stereocenters. The van der Waals surface area contributed by atoms with E-state index in [2.05, 4.69) is 5.32 Å². The number of halogens is 1. The molecule has 0 fully saturated rings. The Kier molecular flexibility index (Phi) is 2.69. The molecule has 0 atom stereocenters. The Hall–Kier alpha value is -1.65. The number of benzene rings is 1. The highest BCUT2D eigenvalue weighted by Crippen LogP contribution is 2.31. The summed E-state index contributed by atoms with van der Waals surface area (Å²) in [4.78, 5) is 24.2. The van der Waals surface area contributed by atoms with E-state index in [9.17, 15) is 9.59 Å². The number of carbonyl (C=O) groups excluding carboxylic acids is 2. The first-order valence-corrected chi connectivity index (χ1v) is 6.61. The Bertz CT molecular complexity index is 649. The second-order valence-corrected chi connectivity index (χ2v) is 5.38. The molecule has 0 saturated heterocycles. The van der Waals surface area contributed by atoms with E-state index in [1.165, 1.54) is 11.3 Å². The molecule has 0 spiro atoms. The second kappa shape index (κ2) is 4.23. The van der Waals surface area contributed by atoms with Crippen LogP contribution in [0.4, 0.5) is 5.69 Å². The third-order valence-corrected chi connectivity index (χ3v) is 3.99. The van der Waals surface area contributed by atoms with E-state index < -0.39 is 0 Å². The van der Waals surface area contributed by atoms with Crippen molar-refractivity contribution in [1.82, 2.24) is 0 Å². The van der Waals surface area contributed by atoms with E-state index in [1.54, 1.807) is 18.2 Å². The van der Waals surface area contributed by atoms with E-state index in [0.29, 0.717) is 27.6 Å². The molecule has 1 aliphatic heterocycles. The van der Waals surface area contributed by atoms with Crippen molar-refractivity contribution in [3.63, 3.8) is 0 Å². The zero-order chi connectivity index (χ0) is 12.7. The van der Waals surface area contributed by atoms with Gasteiger partial charge in [0.05, 0.1) is 16.3 Å². The van der Waals surface area contributed by atoms with Crippen LogP contribution in [0.25, 0.3) is 0 Å². The molecule has 5 heteroatoms. The number of anilines is 1. The minimum absolute atomic E-state index is 0.0678. The van der Waals surface area contributed by atoms with Gasteiger partial charge in [0.1, 0.15) is 0 Å². The van der Waals surface area contributed by atoms with Gasteiger partial charge in [-0.2, -0.15) is 0 Å². The molecule has 1 aliphatic rings.